The summed E-state index contributed by atoms with van der Waals surface area (Å²) in [7, 11) is 4.27. The van der Waals surface area contributed by atoms with E-state index in [2.05, 4.69) is 50.2 Å². The van der Waals surface area contributed by atoms with Crippen molar-refractivity contribution in [1.29, 1.82) is 0 Å². The van der Waals surface area contributed by atoms with Crippen molar-refractivity contribution in [3.8, 4) is 0 Å². The molecule has 0 heterocycles. The molecule has 0 N–H and O–H groups in total. The average Bonchev–Trinajstić information content (AvgIpc) is 2.49. The summed E-state index contributed by atoms with van der Waals surface area (Å²) in [6, 6.07) is 8.81. The Kier molecular flexibility index (Phi) is 10.0. The lowest BCUT2D eigenvalue weighted by atomic mass is 10.0. The third-order valence-electron chi connectivity index (χ3n) is 4.27. The fourth-order valence-corrected chi connectivity index (χ4v) is 2.96. The van der Waals surface area contributed by atoms with E-state index in [4.69, 9.17) is 0 Å². The monoisotopic (exact) mass is 289 g/mol. The van der Waals surface area contributed by atoms with Crippen molar-refractivity contribution < 1.29 is 0 Å². The Balaban J connectivity index is 2.04. The van der Waals surface area contributed by atoms with Crippen LogP contribution in [0.5, 0.6) is 0 Å². The Bertz CT molecular complexity index is 357. The maximum absolute atomic E-state index is 2.29. The highest BCUT2D eigenvalue weighted by atomic mass is 15.1. The van der Waals surface area contributed by atoms with E-state index in [1.165, 1.54) is 81.9 Å². The van der Waals surface area contributed by atoms with Gasteiger partial charge in [-0.05, 0) is 24.5 Å². The quantitative estimate of drug-likeness (QED) is 0.413. The van der Waals surface area contributed by atoms with Gasteiger partial charge in [0.25, 0.3) is 0 Å². The van der Waals surface area contributed by atoms with Crippen LogP contribution in [0.4, 0.5) is 5.69 Å². The predicted octanol–water partition coefficient (Wildman–Crippen LogP) is 6.22. The smallest absolute Gasteiger partial charge is 0.0393 e. The number of nitrogens with zero attached hydrogens (tertiary/aromatic N) is 1. The zero-order chi connectivity index (χ0) is 15.3. The molecular formula is C20H35N. The van der Waals surface area contributed by atoms with Crippen molar-refractivity contribution >= 4 is 5.69 Å². The number of unbranched alkanes of at least 4 members (excludes halogenated alkanes) is 9. The average molecular weight is 290 g/mol. The van der Waals surface area contributed by atoms with Gasteiger partial charge >= 0.3 is 0 Å². The van der Waals surface area contributed by atoms with E-state index in [0.717, 1.165) is 0 Å². The summed E-state index contributed by atoms with van der Waals surface area (Å²) in [5.41, 5.74) is 2.88. The van der Waals surface area contributed by atoms with Crippen molar-refractivity contribution in [2.24, 2.45) is 0 Å². The first-order valence-corrected chi connectivity index (χ1v) is 9.01. The molecular weight excluding hydrogens is 254 g/mol. The molecule has 0 unspecified atom stereocenters. The summed E-state index contributed by atoms with van der Waals surface area (Å²) in [4.78, 5) is 2.23. The molecule has 0 atom stereocenters. The standard InChI is InChI=1S/C20H35N/c1-4-5-6-7-8-9-10-11-12-13-16-19-17-14-15-18-20(19)21(2)3/h14-15,17-18H,4-13,16H2,1-3H3. The Morgan fingerprint density at radius 1 is 0.714 bits per heavy atom. The minimum Gasteiger partial charge on any atom is -0.377 e. The molecule has 0 aliphatic carbocycles. The molecule has 1 heteroatoms. The van der Waals surface area contributed by atoms with Gasteiger partial charge in [-0.2, -0.15) is 0 Å². The van der Waals surface area contributed by atoms with Crippen LogP contribution in [0.2, 0.25) is 0 Å². The maximum atomic E-state index is 2.29. The van der Waals surface area contributed by atoms with Crippen molar-refractivity contribution in [2.75, 3.05) is 19.0 Å². The first kappa shape index (κ1) is 18.1. The van der Waals surface area contributed by atoms with Gasteiger partial charge in [0, 0.05) is 19.8 Å². The van der Waals surface area contributed by atoms with Gasteiger partial charge in [-0.3, -0.25) is 0 Å². The third kappa shape index (κ3) is 8.14. The summed E-state index contributed by atoms with van der Waals surface area (Å²) in [5.74, 6) is 0. The molecule has 0 radical (unpaired) electrons. The third-order valence-corrected chi connectivity index (χ3v) is 4.27. The van der Waals surface area contributed by atoms with Gasteiger partial charge in [0.05, 0.1) is 0 Å². The van der Waals surface area contributed by atoms with Crippen LogP contribution >= 0.6 is 0 Å². The Morgan fingerprint density at radius 3 is 1.81 bits per heavy atom. The first-order valence-electron chi connectivity index (χ1n) is 9.01. The van der Waals surface area contributed by atoms with E-state index < -0.39 is 0 Å². The topological polar surface area (TPSA) is 3.24 Å². The Morgan fingerprint density at radius 2 is 1.24 bits per heavy atom. The molecule has 0 aliphatic rings. The van der Waals surface area contributed by atoms with Gasteiger partial charge in [-0.15, -0.1) is 0 Å². The lowest BCUT2D eigenvalue weighted by molar-refractivity contribution is 0.556. The predicted molar refractivity (Wildman–Crippen MR) is 96.3 cm³/mol. The van der Waals surface area contributed by atoms with Crippen LogP contribution in [0.1, 0.15) is 76.7 Å². The van der Waals surface area contributed by atoms with E-state index in [1.807, 2.05) is 0 Å². The molecule has 1 rings (SSSR count). The van der Waals surface area contributed by atoms with Gasteiger partial charge in [-0.25, -0.2) is 0 Å². The van der Waals surface area contributed by atoms with Crippen molar-refractivity contribution in [3.05, 3.63) is 29.8 Å². The lowest BCUT2D eigenvalue weighted by Crippen LogP contribution is -2.11. The fraction of sp³-hybridized carbons (Fsp3) is 0.700. The molecule has 0 amide bonds. The zero-order valence-electron chi connectivity index (χ0n) is 14.5. The number of benzene rings is 1. The summed E-state index contributed by atoms with van der Waals surface area (Å²) in [6.45, 7) is 2.29. The highest BCUT2D eigenvalue weighted by Gasteiger charge is 2.02. The summed E-state index contributed by atoms with van der Waals surface area (Å²) >= 11 is 0. The summed E-state index contributed by atoms with van der Waals surface area (Å²) < 4.78 is 0. The van der Waals surface area contributed by atoms with Gasteiger partial charge in [0.2, 0.25) is 0 Å². The molecule has 1 aromatic carbocycles. The highest BCUT2D eigenvalue weighted by molar-refractivity contribution is 5.52. The molecule has 0 aromatic heterocycles. The number of hydrogen-bond donors (Lipinski definition) is 0. The molecule has 0 aliphatic heterocycles. The normalized spacial score (nSPS) is 10.8. The lowest BCUT2D eigenvalue weighted by Gasteiger charge is -2.17. The Hall–Kier alpha value is -0.980. The first-order chi connectivity index (χ1) is 10.3. The largest absolute Gasteiger partial charge is 0.377 e. The molecule has 0 saturated carbocycles. The Labute approximate surface area is 132 Å². The number of aryl methyl sites for hydroxylation is 1. The molecule has 1 aromatic rings. The van der Waals surface area contributed by atoms with E-state index in [9.17, 15) is 0 Å². The van der Waals surface area contributed by atoms with Gasteiger partial charge in [0.1, 0.15) is 0 Å². The maximum Gasteiger partial charge on any atom is 0.0393 e. The molecule has 0 bridgehead atoms. The molecule has 21 heavy (non-hydrogen) atoms. The fourth-order valence-electron chi connectivity index (χ4n) is 2.96. The van der Waals surface area contributed by atoms with Gasteiger partial charge < -0.3 is 4.90 Å². The van der Waals surface area contributed by atoms with Crippen LogP contribution < -0.4 is 4.90 Å². The number of para-hydroxylation sites is 1. The van der Waals surface area contributed by atoms with Crippen LogP contribution in [0, 0.1) is 0 Å². The SMILES string of the molecule is CCCCCCCCCCCCc1ccccc1N(C)C. The van der Waals surface area contributed by atoms with Crippen LogP contribution in [0.3, 0.4) is 0 Å². The van der Waals surface area contributed by atoms with Crippen molar-refractivity contribution in [3.63, 3.8) is 0 Å². The van der Waals surface area contributed by atoms with E-state index in [0.29, 0.717) is 0 Å². The summed E-state index contributed by atoms with van der Waals surface area (Å²) in [6.07, 6.45) is 15.4. The molecule has 0 fully saturated rings. The van der Waals surface area contributed by atoms with Gasteiger partial charge in [-0.1, -0.05) is 82.9 Å². The number of hydrogen-bond acceptors (Lipinski definition) is 1. The van der Waals surface area contributed by atoms with E-state index in [-0.39, 0.29) is 0 Å². The highest BCUT2D eigenvalue weighted by Crippen LogP contribution is 2.20. The molecule has 120 valence electrons. The van der Waals surface area contributed by atoms with Crippen LogP contribution in [0.25, 0.3) is 0 Å². The second kappa shape index (κ2) is 11.7. The second-order valence-electron chi connectivity index (χ2n) is 6.46. The number of rotatable bonds is 12. The van der Waals surface area contributed by atoms with Crippen LogP contribution in [0.15, 0.2) is 24.3 Å². The molecule has 0 spiro atoms. The summed E-state index contributed by atoms with van der Waals surface area (Å²) in [5, 5.41) is 0. The van der Waals surface area contributed by atoms with Crippen molar-refractivity contribution in [1.82, 2.24) is 0 Å². The molecule has 1 nitrogen and oxygen atoms in total. The van der Waals surface area contributed by atoms with Crippen LogP contribution in [-0.4, -0.2) is 14.1 Å². The van der Waals surface area contributed by atoms with Crippen LogP contribution in [-0.2, 0) is 6.42 Å². The van der Waals surface area contributed by atoms with E-state index >= 15 is 0 Å². The van der Waals surface area contributed by atoms with Crippen molar-refractivity contribution in [2.45, 2.75) is 77.6 Å². The minimum absolute atomic E-state index is 1.23. The molecule has 0 saturated heterocycles. The van der Waals surface area contributed by atoms with Gasteiger partial charge in [0.15, 0.2) is 0 Å². The second-order valence-corrected chi connectivity index (χ2v) is 6.46. The van der Waals surface area contributed by atoms with E-state index in [1.54, 1.807) is 0 Å². The minimum atomic E-state index is 1.23. The zero-order valence-corrected chi connectivity index (χ0v) is 14.5. The number of anilines is 1.